The van der Waals surface area contributed by atoms with E-state index in [1.165, 1.54) is 32.4 Å². The van der Waals surface area contributed by atoms with Crippen molar-refractivity contribution in [2.75, 3.05) is 30.7 Å². The smallest absolute Gasteiger partial charge is 0.148 e. The lowest BCUT2D eigenvalue weighted by molar-refractivity contribution is 0.160. The molecule has 1 saturated heterocycles. The van der Waals surface area contributed by atoms with Gasteiger partial charge >= 0.3 is 0 Å². The predicted octanol–water partition coefficient (Wildman–Crippen LogP) is 2.86. The standard InChI is InChI=1S/C16H31N5/c1-4-10-21-16(15(17)14(3)19-21)18-9-7-12-20-11-6-5-8-13(20)2/h13,18H,4-12,17H2,1-3H3. The summed E-state index contributed by atoms with van der Waals surface area (Å²) in [6.45, 7) is 10.8. The zero-order valence-electron chi connectivity index (χ0n) is 13.9. The molecule has 1 aliphatic heterocycles. The lowest BCUT2D eigenvalue weighted by Gasteiger charge is -2.33. The van der Waals surface area contributed by atoms with Gasteiger partial charge in [0.1, 0.15) is 5.82 Å². The summed E-state index contributed by atoms with van der Waals surface area (Å²) in [6.07, 6.45) is 6.32. The molecule has 5 nitrogen and oxygen atoms in total. The second-order valence-corrected chi connectivity index (χ2v) is 6.23. The van der Waals surface area contributed by atoms with Crippen LogP contribution in [0.25, 0.3) is 0 Å². The molecule has 0 radical (unpaired) electrons. The van der Waals surface area contributed by atoms with Crippen molar-refractivity contribution in [1.29, 1.82) is 0 Å². The predicted molar refractivity (Wildman–Crippen MR) is 89.7 cm³/mol. The van der Waals surface area contributed by atoms with Gasteiger partial charge in [-0.15, -0.1) is 0 Å². The van der Waals surface area contributed by atoms with Crippen molar-refractivity contribution in [3.8, 4) is 0 Å². The van der Waals surface area contributed by atoms with Crippen molar-refractivity contribution in [1.82, 2.24) is 14.7 Å². The summed E-state index contributed by atoms with van der Waals surface area (Å²) in [7, 11) is 0. The number of nitrogens with zero attached hydrogens (tertiary/aromatic N) is 3. The fourth-order valence-electron chi connectivity index (χ4n) is 3.13. The van der Waals surface area contributed by atoms with Gasteiger partial charge in [-0.05, 0) is 46.1 Å². The van der Waals surface area contributed by atoms with Gasteiger partial charge in [-0.1, -0.05) is 13.3 Å². The molecule has 0 saturated carbocycles. The van der Waals surface area contributed by atoms with Crippen LogP contribution in [0.2, 0.25) is 0 Å². The Kier molecular flexibility index (Phi) is 5.91. The van der Waals surface area contributed by atoms with E-state index in [1.807, 2.05) is 11.6 Å². The van der Waals surface area contributed by atoms with Crippen molar-refractivity contribution >= 4 is 11.5 Å². The molecule has 1 aliphatic rings. The molecular weight excluding hydrogens is 262 g/mol. The van der Waals surface area contributed by atoms with E-state index in [4.69, 9.17) is 5.73 Å². The molecule has 0 bridgehead atoms. The van der Waals surface area contributed by atoms with Crippen molar-refractivity contribution in [3.63, 3.8) is 0 Å². The van der Waals surface area contributed by atoms with Crippen molar-refractivity contribution < 1.29 is 0 Å². The number of aromatic nitrogens is 2. The number of piperidine rings is 1. The normalized spacial score (nSPS) is 19.9. The molecule has 3 N–H and O–H groups in total. The molecule has 1 unspecified atom stereocenters. The van der Waals surface area contributed by atoms with Gasteiger partial charge in [-0.3, -0.25) is 0 Å². The van der Waals surface area contributed by atoms with E-state index in [-0.39, 0.29) is 0 Å². The SMILES string of the molecule is CCCn1nc(C)c(N)c1NCCCN1CCCCC1C. The fourth-order valence-corrected chi connectivity index (χ4v) is 3.13. The number of likely N-dealkylation sites (tertiary alicyclic amines) is 1. The van der Waals surface area contributed by atoms with Gasteiger partial charge < -0.3 is 16.0 Å². The third-order valence-electron chi connectivity index (χ3n) is 4.46. The van der Waals surface area contributed by atoms with Crippen LogP contribution in [0.3, 0.4) is 0 Å². The number of anilines is 2. The van der Waals surface area contributed by atoms with E-state index in [9.17, 15) is 0 Å². The first-order valence-corrected chi connectivity index (χ1v) is 8.44. The Hall–Kier alpha value is -1.23. The van der Waals surface area contributed by atoms with Gasteiger partial charge in [0.05, 0.1) is 11.4 Å². The van der Waals surface area contributed by atoms with E-state index in [0.717, 1.165) is 49.2 Å². The third kappa shape index (κ3) is 4.13. The highest BCUT2D eigenvalue weighted by atomic mass is 15.3. The van der Waals surface area contributed by atoms with Gasteiger partial charge in [-0.2, -0.15) is 5.10 Å². The first-order chi connectivity index (χ1) is 10.1. The third-order valence-corrected chi connectivity index (χ3v) is 4.46. The van der Waals surface area contributed by atoms with Crippen LogP contribution in [0.15, 0.2) is 0 Å². The van der Waals surface area contributed by atoms with E-state index in [2.05, 4.69) is 29.2 Å². The van der Waals surface area contributed by atoms with Gasteiger partial charge in [-0.25, -0.2) is 4.68 Å². The highest BCUT2D eigenvalue weighted by molar-refractivity contribution is 5.64. The molecule has 1 aromatic heterocycles. The van der Waals surface area contributed by atoms with Gasteiger partial charge in [0.25, 0.3) is 0 Å². The van der Waals surface area contributed by atoms with Crippen LogP contribution in [0.5, 0.6) is 0 Å². The highest BCUT2D eigenvalue weighted by Crippen LogP contribution is 2.22. The summed E-state index contributed by atoms with van der Waals surface area (Å²) in [5, 5.41) is 7.99. The number of rotatable bonds is 7. The van der Waals surface area contributed by atoms with Gasteiger partial charge in [0, 0.05) is 25.7 Å². The summed E-state index contributed by atoms with van der Waals surface area (Å²) < 4.78 is 2.01. The second kappa shape index (κ2) is 7.69. The molecule has 120 valence electrons. The fraction of sp³-hybridized carbons (Fsp3) is 0.812. The van der Waals surface area contributed by atoms with E-state index >= 15 is 0 Å². The number of nitrogen functional groups attached to an aromatic ring is 1. The molecule has 0 aromatic carbocycles. The first kappa shape index (κ1) is 16.1. The summed E-state index contributed by atoms with van der Waals surface area (Å²) in [5.41, 5.74) is 7.85. The minimum absolute atomic E-state index is 0.747. The molecule has 1 fully saturated rings. The Morgan fingerprint density at radius 2 is 2.14 bits per heavy atom. The van der Waals surface area contributed by atoms with Crippen LogP contribution in [0, 0.1) is 6.92 Å². The molecule has 1 atom stereocenters. The van der Waals surface area contributed by atoms with Crippen molar-refractivity contribution in [2.24, 2.45) is 0 Å². The summed E-state index contributed by atoms with van der Waals surface area (Å²) in [4.78, 5) is 2.61. The largest absolute Gasteiger partial charge is 0.394 e. The maximum Gasteiger partial charge on any atom is 0.148 e. The average molecular weight is 293 g/mol. The van der Waals surface area contributed by atoms with Crippen LogP contribution < -0.4 is 11.1 Å². The number of hydrogen-bond donors (Lipinski definition) is 2. The van der Waals surface area contributed by atoms with Crippen LogP contribution in [0.4, 0.5) is 11.5 Å². The lowest BCUT2D eigenvalue weighted by Crippen LogP contribution is -2.38. The van der Waals surface area contributed by atoms with Crippen molar-refractivity contribution in [3.05, 3.63) is 5.69 Å². The maximum absolute atomic E-state index is 6.12. The molecule has 0 amide bonds. The molecule has 0 spiro atoms. The van der Waals surface area contributed by atoms with E-state index < -0.39 is 0 Å². The maximum atomic E-state index is 6.12. The highest BCUT2D eigenvalue weighted by Gasteiger charge is 2.17. The Balaban J connectivity index is 1.80. The quantitative estimate of drug-likeness (QED) is 0.759. The number of nitrogens with two attached hydrogens (primary N) is 1. The summed E-state index contributed by atoms with van der Waals surface area (Å²) >= 11 is 0. The minimum Gasteiger partial charge on any atom is -0.394 e. The zero-order valence-corrected chi connectivity index (χ0v) is 13.9. The molecule has 2 heterocycles. The molecule has 1 aromatic rings. The Labute approximate surface area is 128 Å². The zero-order chi connectivity index (χ0) is 15.2. The van der Waals surface area contributed by atoms with Gasteiger partial charge in [0.15, 0.2) is 0 Å². The molecule has 0 aliphatic carbocycles. The van der Waals surface area contributed by atoms with Crippen molar-refractivity contribution in [2.45, 2.75) is 65.5 Å². The summed E-state index contributed by atoms with van der Waals surface area (Å²) in [5.74, 6) is 1.00. The minimum atomic E-state index is 0.747. The Bertz CT molecular complexity index is 440. The number of nitrogens with one attached hydrogen (secondary N) is 1. The molecule has 2 rings (SSSR count). The topological polar surface area (TPSA) is 59.1 Å². The molecule has 21 heavy (non-hydrogen) atoms. The van der Waals surface area contributed by atoms with Crippen LogP contribution in [-0.4, -0.2) is 40.4 Å². The van der Waals surface area contributed by atoms with E-state index in [0.29, 0.717) is 0 Å². The monoisotopic (exact) mass is 293 g/mol. The molecular formula is C16H31N5. The Morgan fingerprint density at radius 3 is 2.86 bits per heavy atom. The first-order valence-electron chi connectivity index (χ1n) is 8.44. The molecule has 5 heteroatoms. The van der Waals surface area contributed by atoms with Crippen LogP contribution in [-0.2, 0) is 6.54 Å². The number of hydrogen-bond acceptors (Lipinski definition) is 4. The van der Waals surface area contributed by atoms with E-state index in [1.54, 1.807) is 0 Å². The average Bonchev–Trinajstić information content (AvgIpc) is 2.73. The summed E-state index contributed by atoms with van der Waals surface area (Å²) in [6, 6.07) is 0.747. The second-order valence-electron chi connectivity index (χ2n) is 6.23. The van der Waals surface area contributed by atoms with Gasteiger partial charge in [0.2, 0.25) is 0 Å². The Morgan fingerprint density at radius 1 is 1.33 bits per heavy atom. The van der Waals surface area contributed by atoms with Crippen LogP contribution in [0.1, 0.15) is 51.6 Å². The lowest BCUT2D eigenvalue weighted by atomic mass is 10.0. The number of aryl methyl sites for hydroxylation is 2. The van der Waals surface area contributed by atoms with Crippen LogP contribution >= 0.6 is 0 Å².